The number of methoxy groups -OCH3 is 1. The first-order chi connectivity index (χ1) is 14.2. The molecule has 0 bridgehead atoms. The van der Waals surface area contributed by atoms with Gasteiger partial charge in [-0.1, -0.05) is 30.3 Å². The van der Waals surface area contributed by atoms with Gasteiger partial charge >= 0.3 is 12.1 Å². The zero-order chi connectivity index (χ0) is 22.2. The summed E-state index contributed by atoms with van der Waals surface area (Å²) in [7, 11) is 0.837. The molecule has 9 heteroatoms. The van der Waals surface area contributed by atoms with Gasteiger partial charge in [0.15, 0.2) is 0 Å². The van der Waals surface area contributed by atoms with Crippen molar-refractivity contribution in [3.8, 4) is 6.07 Å². The van der Waals surface area contributed by atoms with Crippen LogP contribution in [-0.4, -0.2) is 49.3 Å². The van der Waals surface area contributed by atoms with E-state index in [4.69, 9.17) is 9.47 Å². The minimum Gasteiger partial charge on any atom is -0.466 e. The second-order valence-corrected chi connectivity index (χ2v) is 7.61. The van der Waals surface area contributed by atoms with E-state index >= 15 is 0 Å². The molecule has 162 valence electrons. The molecule has 4 atom stereocenters. The van der Waals surface area contributed by atoms with Gasteiger partial charge in [0.05, 0.1) is 30.1 Å². The molecule has 2 aliphatic rings. The van der Waals surface area contributed by atoms with E-state index in [0.29, 0.717) is 12.8 Å². The fourth-order valence-electron chi connectivity index (χ4n) is 4.85. The number of alkyl halides is 3. The second kappa shape index (κ2) is 7.91. The smallest absolute Gasteiger partial charge is 0.430 e. The predicted octanol–water partition coefficient (Wildman–Crippen LogP) is 3.17. The van der Waals surface area contributed by atoms with E-state index in [1.807, 2.05) is 6.07 Å². The van der Waals surface area contributed by atoms with E-state index in [-0.39, 0.29) is 25.1 Å². The SMILES string of the molecule is CCOC(=O)C12CCCN(C(=O)C(OC)(c3ccccc3)C(F)(F)F)C1C(C#N)C2. The van der Waals surface area contributed by atoms with Gasteiger partial charge in [0, 0.05) is 19.2 Å². The Morgan fingerprint density at radius 1 is 1.30 bits per heavy atom. The predicted molar refractivity (Wildman–Crippen MR) is 98.7 cm³/mol. The third-order valence-corrected chi connectivity index (χ3v) is 6.18. The lowest BCUT2D eigenvalue weighted by Gasteiger charge is -2.58. The van der Waals surface area contributed by atoms with Crippen LogP contribution in [0.5, 0.6) is 0 Å². The van der Waals surface area contributed by atoms with Crippen LogP contribution < -0.4 is 0 Å². The highest BCUT2D eigenvalue weighted by Crippen LogP contribution is 2.56. The Labute approximate surface area is 172 Å². The Bertz CT molecular complexity index is 854. The number of halogens is 3. The lowest BCUT2D eigenvalue weighted by atomic mass is 9.53. The zero-order valence-corrected chi connectivity index (χ0v) is 16.7. The van der Waals surface area contributed by atoms with Crippen LogP contribution in [0.2, 0.25) is 0 Å². The first-order valence-electron chi connectivity index (χ1n) is 9.75. The summed E-state index contributed by atoms with van der Waals surface area (Å²) < 4.78 is 53.1. The van der Waals surface area contributed by atoms with Gasteiger partial charge in [-0.05, 0) is 26.2 Å². The number of benzene rings is 1. The molecule has 0 N–H and O–H groups in total. The Balaban J connectivity index is 2.09. The monoisotopic (exact) mass is 424 g/mol. The van der Waals surface area contributed by atoms with Crippen molar-refractivity contribution in [1.82, 2.24) is 4.90 Å². The minimum atomic E-state index is -5.06. The molecular formula is C21H23F3N2O4. The van der Waals surface area contributed by atoms with Crippen molar-refractivity contribution in [2.24, 2.45) is 11.3 Å². The fraction of sp³-hybridized carbons (Fsp3) is 0.571. The van der Waals surface area contributed by atoms with Crippen LogP contribution in [0.3, 0.4) is 0 Å². The Morgan fingerprint density at radius 3 is 2.50 bits per heavy atom. The number of nitrogens with zero attached hydrogens (tertiary/aromatic N) is 2. The first-order valence-corrected chi connectivity index (χ1v) is 9.75. The van der Waals surface area contributed by atoms with E-state index < -0.39 is 41.0 Å². The number of carbonyl (C=O) groups is 2. The van der Waals surface area contributed by atoms with Crippen molar-refractivity contribution in [3.05, 3.63) is 35.9 Å². The van der Waals surface area contributed by atoms with Crippen LogP contribution in [0.1, 0.15) is 31.7 Å². The van der Waals surface area contributed by atoms with Gasteiger partial charge in [-0.15, -0.1) is 0 Å². The molecule has 1 heterocycles. The van der Waals surface area contributed by atoms with Crippen molar-refractivity contribution in [2.45, 2.75) is 44.0 Å². The summed E-state index contributed by atoms with van der Waals surface area (Å²) >= 11 is 0. The number of fused-ring (bicyclic) bond motifs is 1. The van der Waals surface area contributed by atoms with E-state index in [1.54, 1.807) is 6.92 Å². The lowest BCUT2D eigenvalue weighted by Crippen LogP contribution is -2.71. The number of nitriles is 1. The van der Waals surface area contributed by atoms with Gasteiger partial charge in [-0.2, -0.15) is 18.4 Å². The molecule has 2 fully saturated rings. The summed E-state index contributed by atoms with van der Waals surface area (Å²) in [5, 5.41) is 9.49. The largest absolute Gasteiger partial charge is 0.466 e. The summed E-state index contributed by atoms with van der Waals surface area (Å²) in [5.41, 5.74) is -4.75. The maximum absolute atomic E-state index is 14.3. The summed E-state index contributed by atoms with van der Waals surface area (Å²) in [6.07, 6.45) is -4.22. The molecular weight excluding hydrogens is 401 g/mol. The molecule has 1 saturated carbocycles. The van der Waals surface area contributed by atoms with Crippen molar-refractivity contribution >= 4 is 11.9 Å². The molecule has 0 spiro atoms. The minimum absolute atomic E-state index is 0.00312. The number of ether oxygens (including phenoxy) is 2. The summed E-state index contributed by atoms with van der Waals surface area (Å²) in [6, 6.07) is 7.73. The van der Waals surface area contributed by atoms with Gasteiger partial charge in [-0.3, -0.25) is 9.59 Å². The van der Waals surface area contributed by atoms with Crippen LogP contribution in [0.15, 0.2) is 30.3 Å². The van der Waals surface area contributed by atoms with Gasteiger partial charge in [0.25, 0.3) is 11.5 Å². The average molecular weight is 424 g/mol. The highest BCUT2D eigenvalue weighted by Gasteiger charge is 2.69. The van der Waals surface area contributed by atoms with E-state index in [1.165, 1.54) is 30.3 Å². The quantitative estimate of drug-likeness (QED) is 0.679. The second-order valence-electron chi connectivity index (χ2n) is 7.61. The van der Waals surface area contributed by atoms with Crippen molar-refractivity contribution in [1.29, 1.82) is 5.26 Å². The van der Waals surface area contributed by atoms with Crippen molar-refractivity contribution < 1.29 is 32.2 Å². The number of amides is 1. The van der Waals surface area contributed by atoms with E-state index in [9.17, 15) is 28.0 Å². The number of piperidine rings is 1. The van der Waals surface area contributed by atoms with Gasteiger partial charge < -0.3 is 14.4 Å². The van der Waals surface area contributed by atoms with Crippen molar-refractivity contribution in [2.75, 3.05) is 20.3 Å². The van der Waals surface area contributed by atoms with Gasteiger partial charge in [0.1, 0.15) is 0 Å². The molecule has 6 nitrogen and oxygen atoms in total. The number of rotatable bonds is 5. The van der Waals surface area contributed by atoms with Crippen LogP contribution in [0.25, 0.3) is 0 Å². The standard InChI is InChI=1S/C21H23F3N2O4/c1-3-30-18(28)19-10-7-11-26(16(19)14(12-19)13-25)17(27)20(29-2,21(22,23)24)15-8-5-4-6-9-15/h4-6,8-9,14,16H,3,7,10-12H2,1-2H3. The van der Waals surface area contributed by atoms with Crippen molar-refractivity contribution in [3.63, 3.8) is 0 Å². The lowest BCUT2D eigenvalue weighted by molar-refractivity contribution is -0.274. The fourth-order valence-corrected chi connectivity index (χ4v) is 4.85. The van der Waals surface area contributed by atoms with Crippen LogP contribution >= 0.6 is 0 Å². The third kappa shape index (κ3) is 3.05. The van der Waals surface area contributed by atoms with Gasteiger partial charge in [0.2, 0.25) is 0 Å². The van der Waals surface area contributed by atoms with E-state index in [2.05, 4.69) is 0 Å². The van der Waals surface area contributed by atoms with Gasteiger partial charge in [-0.25, -0.2) is 0 Å². The molecule has 3 rings (SSSR count). The number of likely N-dealkylation sites (tertiary alicyclic amines) is 1. The molecule has 1 aromatic carbocycles. The molecule has 0 aromatic heterocycles. The molecule has 4 unspecified atom stereocenters. The normalized spacial score (nSPS) is 27.8. The Morgan fingerprint density at radius 2 is 1.97 bits per heavy atom. The first kappa shape index (κ1) is 22.1. The highest BCUT2D eigenvalue weighted by atomic mass is 19.4. The summed E-state index contributed by atoms with van der Waals surface area (Å²) in [6.45, 7) is 1.73. The number of carbonyl (C=O) groups excluding carboxylic acids is 2. The molecule has 30 heavy (non-hydrogen) atoms. The Kier molecular flexibility index (Phi) is 5.83. The highest BCUT2D eigenvalue weighted by molar-refractivity contribution is 5.90. The van der Waals surface area contributed by atoms with Crippen LogP contribution in [-0.2, 0) is 24.7 Å². The molecule has 1 aliphatic carbocycles. The number of hydrogen-bond donors (Lipinski definition) is 0. The third-order valence-electron chi connectivity index (χ3n) is 6.18. The molecule has 1 amide bonds. The van der Waals surface area contributed by atoms with E-state index in [0.717, 1.165) is 12.0 Å². The zero-order valence-electron chi connectivity index (χ0n) is 16.7. The molecule has 0 radical (unpaired) electrons. The maximum atomic E-state index is 14.3. The molecule has 1 aromatic rings. The van der Waals surface area contributed by atoms with Crippen LogP contribution in [0, 0.1) is 22.7 Å². The summed E-state index contributed by atoms with van der Waals surface area (Å²) in [4.78, 5) is 27.2. The van der Waals surface area contributed by atoms with Crippen LogP contribution in [0.4, 0.5) is 13.2 Å². The molecule has 1 aliphatic heterocycles. The number of hydrogen-bond acceptors (Lipinski definition) is 5. The maximum Gasteiger partial charge on any atom is 0.430 e. The Hall–Kier alpha value is -2.60. The number of esters is 1. The summed E-state index contributed by atoms with van der Waals surface area (Å²) in [5.74, 6) is -2.65. The topological polar surface area (TPSA) is 79.6 Å². The molecule has 1 saturated heterocycles. The average Bonchev–Trinajstić information content (AvgIpc) is 2.69.